The van der Waals surface area contributed by atoms with Crippen molar-refractivity contribution >= 4 is 50.2 Å². The standard InChI is InChI=1S/C15H14F3N3S.C14H21N3/c1-9(22-14(20-3)15(16,17)18)10-4-5-11-8-21-13(19-2)7-12(11)6-10;1-3-4-5-13-6-7-15-14(12-13)17-10-8-16(2)9-11-17/h4-8H,1H2,2-3H3,(H,19,21);4-7,12H,3,8-11H2,1-2H3. The van der Waals surface area contributed by atoms with Gasteiger partial charge in [0.25, 0.3) is 0 Å². The Hall–Kier alpha value is -3.37. The Morgan fingerprint density at radius 3 is 2.49 bits per heavy atom. The maximum atomic E-state index is 12.7. The van der Waals surface area contributed by atoms with Crippen LogP contribution in [0.4, 0.5) is 24.8 Å². The van der Waals surface area contributed by atoms with E-state index in [9.17, 15) is 13.2 Å². The number of likely N-dealkylation sites (N-methyl/N-ethyl adjacent to an activating group) is 1. The van der Waals surface area contributed by atoms with Crippen LogP contribution >= 0.6 is 11.8 Å². The van der Waals surface area contributed by atoms with Crippen LogP contribution in [0.1, 0.15) is 24.5 Å². The summed E-state index contributed by atoms with van der Waals surface area (Å²) in [5.41, 5.74) is 1.87. The first-order valence-corrected chi connectivity index (χ1v) is 13.5. The van der Waals surface area contributed by atoms with E-state index in [0.717, 1.165) is 56.2 Å². The van der Waals surface area contributed by atoms with E-state index in [4.69, 9.17) is 0 Å². The molecule has 1 aliphatic rings. The molecule has 1 saturated heterocycles. The summed E-state index contributed by atoms with van der Waals surface area (Å²) < 4.78 is 38.2. The number of fused-ring (bicyclic) bond motifs is 1. The molecule has 2 aromatic heterocycles. The predicted octanol–water partition coefficient (Wildman–Crippen LogP) is 6.83. The first-order chi connectivity index (χ1) is 18.6. The van der Waals surface area contributed by atoms with Crippen molar-refractivity contribution in [1.29, 1.82) is 0 Å². The minimum absolute atomic E-state index is 0.294. The normalized spacial score (nSPS) is 14.8. The van der Waals surface area contributed by atoms with Gasteiger partial charge in [-0.15, -0.1) is 0 Å². The molecule has 4 rings (SSSR count). The van der Waals surface area contributed by atoms with Crippen LogP contribution in [0.3, 0.4) is 0 Å². The topological polar surface area (TPSA) is 56.7 Å². The van der Waals surface area contributed by atoms with Crippen molar-refractivity contribution in [3.63, 3.8) is 0 Å². The molecule has 1 N–H and O–H groups in total. The van der Waals surface area contributed by atoms with E-state index in [2.05, 4.69) is 74.9 Å². The van der Waals surface area contributed by atoms with E-state index < -0.39 is 11.2 Å². The van der Waals surface area contributed by atoms with Crippen LogP contribution in [0.5, 0.6) is 0 Å². The molecule has 0 radical (unpaired) electrons. The summed E-state index contributed by atoms with van der Waals surface area (Å²) in [6.45, 7) is 10.3. The average molecular weight is 557 g/mol. The number of allylic oxidation sites excluding steroid dienone is 1. The lowest BCUT2D eigenvalue weighted by Gasteiger charge is -2.33. The highest BCUT2D eigenvalue weighted by atomic mass is 32.2. The SMILES string of the molecule is C=C(SC(=NC)C(F)(F)F)c1ccc2cnc(NC)cc2c1.CCC=Cc1ccnc(N2CCN(C)CC2)c1. The summed E-state index contributed by atoms with van der Waals surface area (Å²) >= 11 is 0.523. The fourth-order valence-electron chi connectivity index (χ4n) is 3.86. The molecule has 1 aromatic carbocycles. The Labute approximate surface area is 232 Å². The van der Waals surface area contributed by atoms with Crippen LogP contribution in [0, 0.1) is 0 Å². The third-order valence-electron chi connectivity index (χ3n) is 6.11. The number of aromatic nitrogens is 2. The zero-order valence-corrected chi connectivity index (χ0v) is 23.6. The van der Waals surface area contributed by atoms with Gasteiger partial charge in [-0.3, -0.25) is 4.99 Å². The summed E-state index contributed by atoms with van der Waals surface area (Å²) in [6.07, 6.45) is 4.57. The Morgan fingerprint density at radius 2 is 1.85 bits per heavy atom. The second-order valence-electron chi connectivity index (χ2n) is 8.98. The lowest BCUT2D eigenvalue weighted by atomic mass is 10.1. The molecule has 39 heavy (non-hydrogen) atoms. The number of thioether (sulfide) groups is 1. The van der Waals surface area contributed by atoms with E-state index in [1.54, 1.807) is 31.4 Å². The highest BCUT2D eigenvalue weighted by Crippen LogP contribution is 2.35. The predicted molar refractivity (Wildman–Crippen MR) is 161 cm³/mol. The molecular weight excluding hydrogens is 521 g/mol. The van der Waals surface area contributed by atoms with Crippen molar-refractivity contribution < 1.29 is 13.2 Å². The van der Waals surface area contributed by atoms with Crippen LogP contribution in [0.25, 0.3) is 21.8 Å². The number of pyridine rings is 2. The number of halogens is 3. The zero-order valence-electron chi connectivity index (χ0n) is 22.8. The van der Waals surface area contributed by atoms with Gasteiger partial charge >= 0.3 is 6.18 Å². The largest absolute Gasteiger partial charge is 0.439 e. The second kappa shape index (κ2) is 14.1. The first kappa shape index (κ1) is 30.2. The van der Waals surface area contributed by atoms with Crippen LogP contribution in [-0.2, 0) is 0 Å². The maximum absolute atomic E-state index is 12.7. The number of nitrogens with one attached hydrogen (secondary N) is 1. The molecule has 10 heteroatoms. The van der Waals surface area contributed by atoms with E-state index in [-0.39, 0.29) is 0 Å². The van der Waals surface area contributed by atoms with Gasteiger partial charge in [-0.05, 0) is 54.2 Å². The highest BCUT2D eigenvalue weighted by molar-refractivity contribution is 8.21. The highest BCUT2D eigenvalue weighted by Gasteiger charge is 2.36. The van der Waals surface area contributed by atoms with Crippen LogP contribution < -0.4 is 10.2 Å². The second-order valence-corrected chi connectivity index (χ2v) is 10.1. The molecule has 208 valence electrons. The number of hydrogen-bond donors (Lipinski definition) is 1. The van der Waals surface area contributed by atoms with Gasteiger partial charge in [0.1, 0.15) is 11.6 Å². The quantitative estimate of drug-likeness (QED) is 0.265. The average Bonchev–Trinajstić information content (AvgIpc) is 2.94. The van der Waals surface area contributed by atoms with Crippen molar-refractivity contribution in [3.8, 4) is 0 Å². The van der Waals surface area contributed by atoms with Crippen molar-refractivity contribution in [2.24, 2.45) is 4.99 Å². The Kier molecular flexibility index (Phi) is 10.9. The molecule has 1 fully saturated rings. The summed E-state index contributed by atoms with van der Waals surface area (Å²) in [7, 11) is 5.04. The van der Waals surface area contributed by atoms with Gasteiger partial charge in [-0.25, -0.2) is 9.97 Å². The number of rotatable bonds is 6. The fraction of sp³-hybridized carbons (Fsp3) is 0.345. The van der Waals surface area contributed by atoms with Gasteiger partial charge in [-0.2, -0.15) is 13.2 Å². The third kappa shape index (κ3) is 8.83. The lowest BCUT2D eigenvalue weighted by Crippen LogP contribution is -2.44. The number of alkyl halides is 3. The number of benzene rings is 1. The van der Waals surface area contributed by atoms with Gasteiger partial charge in [0.05, 0.1) is 0 Å². The molecule has 0 bridgehead atoms. The zero-order chi connectivity index (χ0) is 28.4. The maximum Gasteiger partial charge on any atom is 0.439 e. The minimum atomic E-state index is -4.47. The van der Waals surface area contributed by atoms with E-state index >= 15 is 0 Å². The van der Waals surface area contributed by atoms with Gasteiger partial charge in [0.2, 0.25) is 0 Å². The summed E-state index contributed by atoms with van der Waals surface area (Å²) in [4.78, 5) is 17.0. The molecule has 6 nitrogen and oxygen atoms in total. The molecule has 0 saturated carbocycles. The van der Waals surface area contributed by atoms with Gasteiger partial charge < -0.3 is 15.1 Å². The molecule has 0 spiro atoms. The number of anilines is 2. The number of nitrogens with zero attached hydrogens (tertiary/aromatic N) is 5. The summed E-state index contributed by atoms with van der Waals surface area (Å²) in [6, 6.07) is 11.4. The van der Waals surface area contributed by atoms with E-state index in [1.807, 2.05) is 12.3 Å². The molecule has 0 amide bonds. The molecule has 0 aliphatic carbocycles. The number of piperazine rings is 1. The van der Waals surface area contributed by atoms with Gasteiger partial charge in [0.15, 0.2) is 5.04 Å². The molecule has 0 atom stereocenters. The monoisotopic (exact) mass is 556 g/mol. The minimum Gasteiger partial charge on any atom is -0.373 e. The van der Waals surface area contributed by atoms with Crippen LogP contribution in [0.2, 0.25) is 0 Å². The van der Waals surface area contributed by atoms with E-state index in [0.29, 0.717) is 28.0 Å². The molecular formula is C29H35F3N6S. The molecule has 3 heterocycles. The first-order valence-electron chi connectivity index (χ1n) is 12.7. The lowest BCUT2D eigenvalue weighted by molar-refractivity contribution is -0.0554. The smallest absolute Gasteiger partial charge is 0.373 e. The van der Waals surface area contributed by atoms with Crippen LogP contribution in [-0.4, -0.2) is 73.4 Å². The van der Waals surface area contributed by atoms with Crippen molar-refractivity contribution in [1.82, 2.24) is 14.9 Å². The third-order valence-corrected chi connectivity index (χ3v) is 7.20. The summed E-state index contributed by atoms with van der Waals surface area (Å²) in [5.74, 6) is 1.80. The number of aliphatic imine (C=N–C) groups is 1. The number of hydrogen-bond acceptors (Lipinski definition) is 7. The Morgan fingerprint density at radius 1 is 1.10 bits per heavy atom. The van der Waals surface area contributed by atoms with Crippen LogP contribution in [0.15, 0.2) is 66.4 Å². The molecule has 3 aromatic rings. The van der Waals surface area contributed by atoms with Gasteiger partial charge in [0, 0.05) is 63.0 Å². The molecule has 0 unspecified atom stereocenters. The van der Waals surface area contributed by atoms with Crippen molar-refractivity contribution in [2.75, 3.05) is 57.5 Å². The Balaban J connectivity index is 0.000000223. The van der Waals surface area contributed by atoms with Gasteiger partial charge in [-0.1, -0.05) is 49.5 Å². The Bertz CT molecular complexity index is 1310. The van der Waals surface area contributed by atoms with E-state index in [1.165, 1.54) is 5.56 Å². The molecule has 1 aliphatic heterocycles. The summed E-state index contributed by atoms with van der Waals surface area (Å²) in [5, 5.41) is 3.79. The fourth-order valence-corrected chi connectivity index (χ4v) is 4.54. The van der Waals surface area contributed by atoms with Crippen molar-refractivity contribution in [2.45, 2.75) is 19.5 Å². The van der Waals surface area contributed by atoms with Crippen molar-refractivity contribution in [3.05, 3.63) is 72.6 Å².